The third-order valence-electron chi connectivity index (χ3n) is 5.32. The third kappa shape index (κ3) is 3.90. The summed E-state index contributed by atoms with van der Waals surface area (Å²) >= 11 is 0. The minimum atomic E-state index is -0.984. The molecule has 0 atom stereocenters. The summed E-state index contributed by atoms with van der Waals surface area (Å²) in [5, 5.41) is 7.31. The molecule has 1 aromatic heterocycles. The van der Waals surface area contributed by atoms with Gasteiger partial charge >= 0.3 is 0 Å². The highest BCUT2D eigenvalue weighted by molar-refractivity contribution is 5.93. The van der Waals surface area contributed by atoms with E-state index in [4.69, 9.17) is 0 Å². The molecule has 0 radical (unpaired) electrons. The van der Waals surface area contributed by atoms with Gasteiger partial charge in [-0.3, -0.25) is 9.48 Å². The first kappa shape index (κ1) is 19.2. The molecule has 3 aromatic rings. The first-order valence-corrected chi connectivity index (χ1v) is 9.49. The van der Waals surface area contributed by atoms with Gasteiger partial charge < -0.3 is 5.32 Å². The monoisotopic (exact) mass is 399 g/mol. The highest BCUT2D eigenvalue weighted by Crippen LogP contribution is 2.44. The molecule has 4 rings (SSSR count). The van der Waals surface area contributed by atoms with Gasteiger partial charge in [-0.15, -0.1) is 0 Å². The second-order valence-electron chi connectivity index (χ2n) is 7.34. The Hall–Kier alpha value is -3.09. The molecule has 150 valence electrons. The van der Waals surface area contributed by atoms with Crippen LogP contribution in [0.4, 0.5) is 19.0 Å². The number of halogens is 3. The van der Waals surface area contributed by atoms with Crippen molar-refractivity contribution < 1.29 is 18.0 Å². The van der Waals surface area contributed by atoms with Crippen molar-refractivity contribution in [3.05, 3.63) is 71.0 Å². The maximum Gasteiger partial charge on any atom is 0.230 e. The number of hydrogen-bond donors (Lipinski definition) is 1. The molecule has 1 saturated carbocycles. The lowest BCUT2D eigenvalue weighted by atomic mass is 9.79. The molecule has 0 bridgehead atoms. The van der Waals surface area contributed by atoms with E-state index >= 15 is 0 Å². The lowest BCUT2D eigenvalue weighted by Gasteiger charge is -2.27. The van der Waals surface area contributed by atoms with Crippen LogP contribution in [0, 0.1) is 17.5 Å². The zero-order chi connectivity index (χ0) is 20.5. The number of rotatable bonds is 5. The molecule has 2 aromatic carbocycles. The molecule has 1 aliphatic rings. The smallest absolute Gasteiger partial charge is 0.230 e. The molecule has 0 unspecified atom stereocenters. The third-order valence-corrected chi connectivity index (χ3v) is 5.32. The number of hydrogen-bond acceptors (Lipinski definition) is 2. The van der Waals surface area contributed by atoms with Gasteiger partial charge in [-0.1, -0.05) is 12.5 Å². The molecule has 1 fully saturated rings. The Balaban J connectivity index is 1.63. The van der Waals surface area contributed by atoms with Crippen LogP contribution in [-0.4, -0.2) is 15.7 Å². The lowest BCUT2D eigenvalue weighted by Crippen LogP contribution is -2.18. The Morgan fingerprint density at radius 3 is 2.45 bits per heavy atom. The number of nitrogens with one attached hydrogen (secondary N) is 1. The van der Waals surface area contributed by atoms with Crippen LogP contribution < -0.4 is 5.32 Å². The van der Waals surface area contributed by atoms with E-state index in [1.165, 1.54) is 18.2 Å². The second kappa shape index (κ2) is 7.73. The summed E-state index contributed by atoms with van der Waals surface area (Å²) in [5.74, 6) is -1.88. The number of carbonyl (C=O) groups excluding carboxylic acids is 1. The largest absolute Gasteiger partial charge is 0.309 e. The fourth-order valence-electron chi connectivity index (χ4n) is 3.68. The van der Waals surface area contributed by atoms with Crippen LogP contribution in [0.15, 0.2) is 42.5 Å². The molecular weight excluding hydrogens is 379 g/mol. The first-order valence-electron chi connectivity index (χ1n) is 9.49. The number of carbonyl (C=O) groups is 1. The van der Waals surface area contributed by atoms with E-state index < -0.39 is 11.6 Å². The van der Waals surface area contributed by atoms with Crippen molar-refractivity contribution in [2.75, 3.05) is 5.32 Å². The van der Waals surface area contributed by atoms with E-state index in [2.05, 4.69) is 10.4 Å². The van der Waals surface area contributed by atoms with Crippen molar-refractivity contribution in [2.45, 2.75) is 31.6 Å². The minimum Gasteiger partial charge on any atom is -0.309 e. The average molecular weight is 399 g/mol. The maximum atomic E-state index is 13.4. The second-order valence-corrected chi connectivity index (χ2v) is 7.34. The SMILES string of the molecule is Cn1nc(NC(=O)Cc2ccc(F)c(F)c2)c(C2CCC2)c1-c1ccc(F)cc1. The van der Waals surface area contributed by atoms with Gasteiger partial charge in [0, 0.05) is 18.2 Å². The molecule has 0 aliphatic heterocycles. The van der Waals surface area contributed by atoms with Crippen molar-refractivity contribution in [3.63, 3.8) is 0 Å². The van der Waals surface area contributed by atoms with Crippen molar-refractivity contribution in [1.29, 1.82) is 0 Å². The number of aryl methyl sites for hydroxylation is 1. The van der Waals surface area contributed by atoms with Gasteiger partial charge in [0.2, 0.25) is 5.91 Å². The Labute approximate surface area is 166 Å². The van der Waals surface area contributed by atoms with Crippen molar-refractivity contribution in [1.82, 2.24) is 9.78 Å². The zero-order valence-electron chi connectivity index (χ0n) is 15.9. The Bertz CT molecular complexity index is 1060. The summed E-state index contributed by atoms with van der Waals surface area (Å²) in [6.45, 7) is 0. The highest BCUT2D eigenvalue weighted by Gasteiger charge is 2.30. The van der Waals surface area contributed by atoms with Gasteiger partial charge in [0.1, 0.15) is 5.82 Å². The number of benzene rings is 2. The van der Waals surface area contributed by atoms with Gasteiger partial charge in [0.25, 0.3) is 0 Å². The van der Waals surface area contributed by atoms with Crippen LogP contribution in [0.3, 0.4) is 0 Å². The van der Waals surface area contributed by atoms with Gasteiger partial charge in [-0.25, -0.2) is 13.2 Å². The van der Waals surface area contributed by atoms with Crippen LogP contribution in [0.1, 0.15) is 36.3 Å². The van der Waals surface area contributed by atoms with Gasteiger partial charge in [0.15, 0.2) is 17.5 Å². The van der Waals surface area contributed by atoms with Crippen molar-refractivity contribution in [3.8, 4) is 11.3 Å². The number of aromatic nitrogens is 2. The normalized spacial score (nSPS) is 13.9. The summed E-state index contributed by atoms with van der Waals surface area (Å²) in [5.41, 5.74) is 2.98. The molecule has 0 saturated heterocycles. The summed E-state index contributed by atoms with van der Waals surface area (Å²) < 4.78 is 41.5. The molecule has 7 heteroatoms. The fraction of sp³-hybridized carbons (Fsp3) is 0.273. The van der Waals surface area contributed by atoms with Gasteiger partial charge in [-0.2, -0.15) is 5.10 Å². The molecule has 0 spiro atoms. The number of amides is 1. The zero-order valence-corrected chi connectivity index (χ0v) is 15.9. The van der Waals surface area contributed by atoms with Crippen LogP contribution in [-0.2, 0) is 18.3 Å². The predicted octanol–water partition coefficient (Wildman–Crippen LogP) is 4.95. The van der Waals surface area contributed by atoms with Crippen LogP contribution in [0.25, 0.3) is 11.3 Å². The van der Waals surface area contributed by atoms with Gasteiger partial charge in [0.05, 0.1) is 12.1 Å². The summed E-state index contributed by atoms with van der Waals surface area (Å²) in [7, 11) is 1.78. The number of nitrogens with zero attached hydrogens (tertiary/aromatic N) is 2. The van der Waals surface area contributed by atoms with E-state index in [1.807, 2.05) is 0 Å². The van der Waals surface area contributed by atoms with E-state index in [9.17, 15) is 18.0 Å². The molecular formula is C22H20F3N3O. The van der Waals surface area contributed by atoms with Crippen LogP contribution >= 0.6 is 0 Å². The molecule has 1 aliphatic carbocycles. The number of anilines is 1. The molecule has 4 nitrogen and oxygen atoms in total. The van der Waals surface area contributed by atoms with E-state index in [0.29, 0.717) is 11.4 Å². The standard InChI is InChI=1S/C22H20F3N3O/c1-28-21(15-6-8-16(23)9-7-15)20(14-3-2-4-14)22(27-28)26-19(29)12-13-5-10-17(24)18(25)11-13/h5-11,14H,2-4,12H2,1H3,(H,26,27,29). The van der Waals surface area contributed by atoms with E-state index in [-0.39, 0.29) is 24.1 Å². The van der Waals surface area contributed by atoms with Gasteiger partial charge in [-0.05, 0) is 60.7 Å². The first-order chi connectivity index (χ1) is 13.9. The maximum absolute atomic E-state index is 13.4. The Kier molecular flexibility index (Phi) is 5.13. The summed E-state index contributed by atoms with van der Waals surface area (Å²) in [4.78, 5) is 12.5. The highest BCUT2D eigenvalue weighted by atomic mass is 19.2. The summed E-state index contributed by atoms with van der Waals surface area (Å²) in [6, 6.07) is 9.59. The fourth-order valence-corrected chi connectivity index (χ4v) is 3.68. The molecule has 1 N–H and O–H groups in total. The van der Waals surface area contributed by atoms with Crippen molar-refractivity contribution in [2.24, 2.45) is 7.05 Å². The molecule has 1 heterocycles. The quantitative estimate of drug-likeness (QED) is 0.660. The summed E-state index contributed by atoms with van der Waals surface area (Å²) in [6.07, 6.45) is 2.99. The molecule has 29 heavy (non-hydrogen) atoms. The lowest BCUT2D eigenvalue weighted by molar-refractivity contribution is -0.115. The van der Waals surface area contributed by atoms with Crippen LogP contribution in [0.5, 0.6) is 0 Å². The van der Waals surface area contributed by atoms with E-state index in [1.54, 1.807) is 23.9 Å². The molecule has 1 amide bonds. The average Bonchev–Trinajstić information content (AvgIpc) is 2.93. The van der Waals surface area contributed by atoms with Crippen LogP contribution in [0.2, 0.25) is 0 Å². The van der Waals surface area contributed by atoms with E-state index in [0.717, 1.165) is 48.2 Å². The Morgan fingerprint density at radius 1 is 1.10 bits per heavy atom. The van der Waals surface area contributed by atoms with Crippen molar-refractivity contribution >= 4 is 11.7 Å². The topological polar surface area (TPSA) is 46.9 Å². The minimum absolute atomic E-state index is 0.0935. The predicted molar refractivity (Wildman–Crippen MR) is 104 cm³/mol. The Morgan fingerprint density at radius 2 is 1.83 bits per heavy atom.